The summed E-state index contributed by atoms with van der Waals surface area (Å²) >= 11 is 4.93. The topological polar surface area (TPSA) is 64.3 Å². The van der Waals surface area contributed by atoms with E-state index < -0.39 is 0 Å². The Morgan fingerprint density at radius 2 is 2.46 bits per heavy atom. The van der Waals surface area contributed by atoms with Gasteiger partial charge in [0, 0.05) is 13.2 Å². The van der Waals surface area contributed by atoms with Crippen LogP contribution in [0.3, 0.4) is 0 Å². The van der Waals surface area contributed by atoms with Crippen LogP contribution in [0.2, 0.25) is 0 Å². The minimum atomic E-state index is 0.446. The summed E-state index contributed by atoms with van der Waals surface area (Å²) in [5.74, 6) is 0. The van der Waals surface area contributed by atoms with Crippen molar-refractivity contribution in [3.8, 4) is 0 Å². The minimum Gasteiger partial charge on any atom is -0.271 e. The predicted molar refractivity (Wildman–Crippen MR) is 47.5 cm³/mol. The normalized spacial score (nSPS) is 10.5. The number of aryl methyl sites for hydroxylation is 1. The minimum absolute atomic E-state index is 0.446. The van der Waals surface area contributed by atoms with E-state index in [1.54, 1.807) is 15.6 Å². The maximum absolute atomic E-state index is 4.93. The zero-order chi connectivity index (χ0) is 9.26. The van der Waals surface area contributed by atoms with Crippen molar-refractivity contribution in [1.29, 1.82) is 0 Å². The molecule has 0 spiro atoms. The number of nitrogens with zero attached hydrogens (tertiary/aromatic N) is 5. The number of aromatic amines is 1. The third-order valence-corrected chi connectivity index (χ3v) is 2.08. The van der Waals surface area contributed by atoms with Gasteiger partial charge in [-0.05, 0) is 18.3 Å². The van der Waals surface area contributed by atoms with Crippen molar-refractivity contribution < 1.29 is 0 Å². The van der Waals surface area contributed by atoms with Gasteiger partial charge in [0.05, 0.1) is 12.2 Å². The molecule has 2 aromatic heterocycles. The van der Waals surface area contributed by atoms with Crippen LogP contribution in [0.5, 0.6) is 0 Å². The van der Waals surface area contributed by atoms with Crippen molar-refractivity contribution in [3.63, 3.8) is 0 Å². The standard InChI is InChI=1S/C6H8N6S/c1-11-5(2-3-7-11)4-12-6(13)8-9-10-12/h2-3H,4H2,1H3,(H,8,10,13). The van der Waals surface area contributed by atoms with Crippen molar-refractivity contribution in [2.75, 3.05) is 0 Å². The summed E-state index contributed by atoms with van der Waals surface area (Å²) in [6.07, 6.45) is 1.74. The van der Waals surface area contributed by atoms with E-state index in [1.807, 2.05) is 13.1 Å². The first-order chi connectivity index (χ1) is 6.27. The van der Waals surface area contributed by atoms with Crippen molar-refractivity contribution in [1.82, 2.24) is 30.0 Å². The van der Waals surface area contributed by atoms with Crippen molar-refractivity contribution in [3.05, 3.63) is 22.7 Å². The van der Waals surface area contributed by atoms with Crippen LogP contribution in [0.15, 0.2) is 12.3 Å². The van der Waals surface area contributed by atoms with Gasteiger partial charge in [0.2, 0.25) is 4.77 Å². The molecule has 0 amide bonds. The molecule has 13 heavy (non-hydrogen) atoms. The maximum atomic E-state index is 4.93. The summed E-state index contributed by atoms with van der Waals surface area (Å²) in [6, 6.07) is 1.92. The first-order valence-electron chi connectivity index (χ1n) is 3.72. The molecule has 0 unspecified atom stereocenters. The van der Waals surface area contributed by atoms with Crippen LogP contribution in [-0.2, 0) is 13.6 Å². The monoisotopic (exact) mass is 196 g/mol. The van der Waals surface area contributed by atoms with E-state index in [4.69, 9.17) is 12.2 Å². The molecule has 7 heteroatoms. The number of hydrogen-bond acceptors (Lipinski definition) is 4. The fraction of sp³-hybridized carbons (Fsp3) is 0.333. The first kappa shape index (κ1) is 8.11. The second-order valence-electron chi connectivity index (χ2n) is 2.61. The summed E-state index contributed by atoms with van der Waals surface area (Å²) in [5, 5.41) is 14.0. The van der Waals surface area contributed by atoms with Crippen molar-refractivity contribution in [2.24, 2.45) is 7.05 Å². The van der Waals surface area contributed by atoms with E-state index in [9.17, 15) is 0 Å². The summed E-state index contributed by atoms with van der Waals surface area (Å²) < 4.78 is 3.90. The van der Waals surface area contributed by atoms with Gasteiger partial charge in [-0.2, -0.15) is 10.3 Å². The second-order valence-corrected chi connectivity index (χ2v) is 2.98. The summed E-state index contributed by atoms with van der Waals surface area (Å²) in [7, 11) is 1.88. The maximum Gasteiger partial charge on any atom is 0.238 e. The first-order valence-corrected chi connectivity index (χ1v) is 4.13. The van der Waals surface area contributed by atoms with Gasteiger partial charge in [0.1, 0.15) is 0 Å². The highest BCUT2D eigenvalue weighted by molar-refractivity contribution is 7.71. The third kappa shape index (κ3) is 1.50. The molecule has 2 heterocycles. The molecule has 0 aliphatic heterocycles. The molecule has 68 valence electrons. The van der Waals surface area contributed by atoms with Crippen LogP contribution in [-0.4, -0.2) is 30.0 Å². The molecule has 0 saturated carbocycles. The van der Waals surface area contributed by atoms with E-state index in [0.29, 0.717) is 11.3 Å². The molecule has 0 aliphatic rings. The van der Waals surface area contributed by atoms with E-state index in [2.05, 4.69) is 20.6 Å². The van der Waals surface area contributed by atoms with Gasteiger partial charge < -0.3 is 0 Å². The quantitative estimate of drug-likeness (QED) is 0.693. The molecule has 0 atom stereocenters. The fourth-order valence-corrected chi connectivity index (χ4v) is 1.18. The number of hydrogen-bond donors (Lipinski definition) is 1. The lowest BCUT2D eigenvalue weighted by Crippen LogP contribution is -2.07. The van der Waals surface area contributed by atoms with Crippen LogP contribution in [0.25, 0.3) is 0 Å². The van der Waals surface area contributed by atoms with Crippen molar-refractivity contribution >= 4 is 12.2 Å². The molecule has 0 fully saturated rings. The van der Waals surface area contributed by atoms with E-state index in [0.717, 1.165) is 5.69 Å². The van der Waals surface area contributed by atoms with Gasteiger partial charge in [-0.1, -0.05) is 10.3 Å². The summed E-state index contributed by atoms with van der Waals surface area (Å²) in [6.45, 7) is 0.613. The average Bonchev–Trinajstić information content (AvgIpc) is 2.65. The molecule has 0 bridgehead atoms. The molecule has 1 N–H and O–H groups in total. The highest BCUT2D eigenvalue weighted by Crippen LogP contribution is 1.98. The zero-order valence-electron chi connectivity index (χ0n) is 7.01. The average molecular weight is 196 g/mol. The van der Waals surface area contributed by atoms with E-state index in [1.165, 1.54) is 0 Å². The van der Waals surface area contributed by atoms with Gasteiger partial charge in [0.15, 0.2) is 0 Å². The van der Waals surface area contributed by atoms with Crippen LogP contribution in [0, 0.1) is 4.77 Å². The van der Waals surface area contributed by atoms with Gasteiger partial charge in [0.25, 0.3) is 0 Å². The van der Waals surface area contributed by atoms with Gasteiger partial charge in [-0.15, -0.1) is 0 Å². The molecular weight excluding hydrogens is 188 g/mol. The van der Waals surface area contributed by atoms with Crippen molar-refractivity contribution in [2.45, 2.75) is 6.54 Å². The number of aromatic nitrogens is 6. The molecular formula is C6H8N6S. The Morgan fingerprint density at radius 1 is 1.62 bits per heavy atom. The summed E-state index contributed by atoms with van der Waals surface area (Å²) in [4.78, 5) is 0. The molecule has 0 saturated heterocycles. The van der Waals surface area contributed by atoms with Crippen LogP contribution in [0.4, 0.5) is 0 Å². The Morgan fingerprint density at radius 3 is 3.00 bits per heavy atom. The van der Waals surface area contributed by atoms with Crippen LogP contribution < -0.4 is 0 Å². The van der Waals surface area contributed by atoms with Gasteiger partial charge in [-0.25, -0.2) is 4.68 Å². The molecule has 0 aromatic carbocycles. The van der Waals surface area contributed by atoms with E-state index in [-0.39, 0.29) is 0 Å². The Bertz CT molecular complexity index is 451. The highest BCUT2D eigenvalue weighted by Gasteiger charge is 2.00. The summed E-state index contributed by atoms with van der Waals surface area (Å²) in [5.41, 5.74) is 1.04. The molecule has 2 aromatic rings. The number of H-pyrrole nitrogens is 1. The Balaban J connectivity index is 2.29. The third-order valence-electron chi connectivity index (χ3n) is 1.77. The molecule has 2 rings (SSSR count). The zero-order valence-corrected chi connectivity index (χ0v) is 7.82. The largest absolute Gasteiger partial charge is 0.271 e. The molecule has 0 aliphatic carbocycles. The molecule has 0 radical (unpaired) electrons. The number of nitrogens with one attached hydrogen (secondary N) is 1. The lowest BCUT2D eigenvalue weighted by Gasteiger charge is -2.00. The lowest BCUT2D eigenvalue weighted by molar-refractivity contribution is 0.595. The van der Waals surface area contributed by atoms with E-state index >= 15 is 0 Å². The molecule has 6 nitrogen and oxygen atoms in total. The highest BCUT2D eigenvalue weighted by atomic mass is 32.1. The SMILES string of the molecule is Cn1nccc1Cn1[nH]nnc1=S. The Hall–Kier alpha value is -1.50. The van der Waals surface area contributed by atoms with Gasteiger partial charge >= 0.3 is 0 Å². The van der Waals surface area contributed by atoms with Gasteiger partial charge in [-0.3, -0.25) is 4.68 Å². The van der Waals surface area contributed by atoms with Crippen LogP contribution in [0.1, 0.15) is 5.69 Å². The second kappa shape index (κ2) is 3.09. The predicted octanol–water partition coefficient (Wildman–Crippen LogP) is 0.117. The Kier molecular flexibility index (Phi) is 1.93. The fourth-order valence-electron chi connectivity index (χ4n) is 1.04. The smallest absolute Gasteiger partial charge is 0.238 e. The Labute approximate surface area is 79.2 Å². The number of tetrazole rings is 1. The number of rotatable bonds is 2. The van der Waals surface area contributed by atoms with Crippen LogP contribution >= 0.6 is 12.2 Å². The lowest BCUT2D eigenvalue weighted by atomic mass is 10.4.